The van der Waals surface area contributed by atoms with E-state index >= 15 is 0 Å². The number of Topliss-reactive ketones (excluding diaryl/α,β-unsaturated/α-hetero) is 1. The summed E-state index contributed by atoms with van der Waals surface area (Å²) in [5.41, 5.74) is 10.0. The van der Waals surface area contributed by atoms with Gasteiger partial charge in [-0.25, -0.2) is 0 Å². The maximum absolute atomic E-state index is 12.1. The highest BCUT2D eigenvalue weighted by molar-refractivity contribution is 6.03. The number of guanidine groups is 1. The van der Waals surface area contributed by atoms with Gasteiger partial charge in [0.05, 0.1) is 6.42 Å². The Labute approximate surface area is 117 Å². The fraction of sp³-hybridized carbons (Fsp3) is 0.385. The molecule has 1 atom stereocenters. The maximum Gasteiger partial charge on any atom is 0.185 e. The topological polar surface area (TPSA) is 135 Å². The molecule has 0 aliphatic heterocycles. The van der Waals surface area contributed by atoms with Crippen molar-refractivity contribution in [3.8, 4) is 0 Å². The van der Waals surface area contributed by atoms with E-state index in [1.165, 1.54) is 0 Å². The first kappa shape index (κ1) is 15.8. The van der Waals surface area contributed by atoms with Crippen LogP contribution in [0.4, 0.5) is 0 Å². The van der Waals surface area contributed by atoms with E-state index in [1.807, 2.05) is 0 Å². The summed E-state index contributed by atoms with van der Waals surface area (Å²) in [5.74, 6) is -0.521. The predicted octanol–water partition coefficient (Wildman–Crippen LogP) is -0.647. The van der Waals surface area contributed by atoms with Crippen molar-refractivity contribution in [1.82, 2.24) is 10.3 Å². The molecule has 7 nitrogen and oxygen atoms in total. The van der Waals surface area contributed by atoms with Gasteiger partial charge in [0.1, 0.15) is 11.8 Å². The zero-order valence-corrected chi connectivity index (χ0v) is 11.1. The molecule has 0 bridgehead atoms. The molecule has 1 aromatic heterocycles. The van der Waals surface area contributed by atoms with E-state index in [0.717, 1.165) is 0 Å². The van der Waals surface area contributed by atoms with Crippen LogP contribution in [-0.4, -0.2) is 35.1 Å². The Balaban J connectivity index is 2.56. The molecule has 0 fully saturated rings. The van der Waals surface area contributed by atoms with Gasteiger partial charge < -0.3 is 21.6 Å². The highest BCUT2D eigenvalue weighted by Crippen LogP contribution is 2.11. The molecule has 0 amide bonds. The largest absolute Gasteiger partial charge is 0.370 e. The monoisotopic (exact) mass is 277 g/mol. The molecule has 6 N–H and O–H groups in total. The van der Waals surface area contributed by atoms with E-state index in [4.69, 9.17) is 16.9 Å². The highest BCUT2D eigenvalue weighted by atomic mass is 16.1. The fourth-order valence-electron chi connectivity index (χ4n) is 1.70. The quantitative estimate of drug-likeness (QED) is 0.164. The molecule has 20 heavy (non-hydrogen) atoms. The van der Waals surface area contributed by atoms with Crippen molar-refractivity contribution in [2.24, 2.45) is 11.5 Å². The highest BCUT2D eigenvalue weighted by Gasteiger charge is 2.32. The molecular weight excluding hydrogens is 258 g/mol. The second-order valence-corrected chi connectivity index (χ2v) is 4.52. The van der Waals surface area contributed by atoms with Crippen molar-refractivity contribution in [2.45, 2.75) is 24.8 Å². The van der Waals surface area contributed by atoms with Gasteiger partial charge in [-0.15, -0.1) is 0 Å². The Morgan fingerprint density at radius 3 is 2.80 bits per heavy atom. The van der Waals surface area contributed by atoms with Crippen LogP contribution in [0.5, 0.6) is 0 Å². The summed E-state index contributed by atoms with van der Waals surface area (Å²) in [6.07, 6.45) is 2.74. The third-order valence-corrected chi connectivity index (χ3v) is 2.88. The van der Waals surface area contributed by atoms with Crippen molar-refractivity contribution in [3.63, 3.8) is 0 Å². The van der Waals surface area contributed by atoms with Gasteiger partial charge in [0, 0.05) is 18.4 Å². The van der Waals surface area contributed by atoms with Gasteiger partial charge in [0.15, 0.2) is 11.7 Å². The van der Waals surface area contributed by atoms with Gasteiger partial charge in [-0.05, 0) is 25.0 Å². The smallest absolute Gasteiger partial charge is 0.185 e. The molecule has 0 saturated heterocycles. The summed E-state index contributed by atoms with van der Waals surface area (Å²) in [7, 11) is 0. The van der Waals surface area contributed by atoms with Crippen LogP contribution >= 0.6 is 0 Å². The van der Waals surface area contributed by atoms with Crippen LogP contribution < -0.4 is 16.8 Å². The number of hydrogen-bond donors (Lipinski definition) is 4. The molecule has 0 radical (unpaired) electrons. The number of ketones is 1. The lowest BCUT2D eigenvalue weighted by atomic mass is 9.88. The van der Waals surface area contributed by atoms with Gasteiger partial charge in [-0.1, -0.05) is 6.07 Å². The van der Waals surface area contributed by atoms with Crippen molar-refractivity contribution >= 4 is 18.0 Å². The first-order valence-electron chi connectivity index (χ1n) is 6.24. The number of rotatable bonds is 8. The summed E-state index contributed by atoms with van der Waals surface area (Å²) in [4.78, 5) is 27.3. The van der Waals surface area contributed by atoms with Crippen molar-refractivity contribution < 1.29 is 9.59 Å². The lowest BCUT2D eigenvalue weighted by Crippen LogP contribution is -2.51. The van der Waals surface area contributed by atoms with E-state index in [9.17, 15) is 9.59 Å². The Bertz CT molecular complexity index is 477. The molecule has 0 saturated carbocycles. The van der Waals surface area contributed by atoms with E-state index in [2.05, 4.69) is 10.3 Å². The molecule has 1 aromatic rings. The van der Waals surface area contributed by atoms with Gasteiger partial charge >= 0.3 is 0 Å². The average Bonchev–Trinajstić information content (AvgIpc) is 2.44. The van der Waals surface area contributed by atoms with E-state index in [-0.39, 0.29) is 24.6 Å². The molecule has 1 rings (SSSR count). The number of carbonyl (C=O) groups excluding carboxylic acids is 2. The molecule has 7 heteroatoms. The van der Waals surface area contributed by atoms with Crippen molar-refractivity contribution in [1.29, 1.82) is 5.41 Å². The van der Waals surface area contributed by atoms with E-state index in [1.54, 1.807) is 24.4 Å². The molecule has 108 valence electrons. The SMILES string of the molecule is N=C(N)NCCC[C@](N)(C=O)C(=O)Cc1ccccn1. The minimum absolute atomic E-state index is 0.0240. The molecule has 0 aliphatic rings. The average molecular weight is 277 g/mol. The number of hydrogen-bond acceptors (Lipinski definition) is 5. The Morgan fingerprint density at radius 2 is 2.25 bits per heavy atom. The van der Waals surface area contributed by atoms with Gasteiger partial charge in [0.25, 0.3) is 0 Å². The van der Waals surface area contributed by atoms with Crippen molar-refractivity contribution in [3.05, 3.63) is 30.1 Å². The van der Waals surface area contributed by atoms with Crippen LogP contribution in [0.15, 0.2) is 24.4 Å². The number of nitrogens with one attached hydrogen (secondary N) is 2. The van der Waals surface area contributed by atoms with E-state index < -0.39 is 5.54 Å². The lowest BCUT2D eigenvalue weighted by Gasteiger charge is -2.21. The molecule has 0 aliphatic carbocycles. The fourth-order valence-corrected chi connectivity index (χ4v) is 1.70. The number of nitrogens with two attached hydrogens (primary N) is 2. The Morgan fingerprint density at radius 1 is 1.50 bits per heavy atom. The second-order valence-electron chi connectivity index (χ2n) is 4.52. The Hall–Kier alpha value is -2.28. The molecule has 0 aromatic carbocycles. The first-order valence-corrected chi connectivity index (χ1v) is 6.24. The predicted molar refractivity (Wildman–Crippen MR) is 75.1 cm³/mol. The lowest BCUT2D eigenvalue weighted by molar-refractivity contribution is -0.128. The summed E-state index contributed by atoms with van der Waals surface area (Å²) < 4.78 is 0. The van der Waals surface area contributed by atoms with Gasteiger partial charge in [-0.3, -0.25) is 15.2 Å². The van der Waals surface area contributed by atoms with Crippen LogP contribution in [0.25, 0.3) is 0 Å². The van der Waals surface area contributed by atoms with Gasteiger partial charge in [-0.2, -0.15) is 0 Å². The zero-order chi connectivity index (χ0) is 15.0. The number of pyridine rings is 1. The molecular formula is C13H19N5O2. The minimum atomic E-state index is -1.52. The first-order chi connectivity index (χ1) is 9.48. The second kappa shape index (κ2) is 7.34. The summed E-state index contributed by atoms with van der Waals surface area (Å²) in [5, 5.41) is 9.59. The van der Waals surface area contributed by atoms with Crippen LogP contribution in [0.1, 0.15) is 18.5 Å². The summed E-state index contributed by atoms with van der Waals surface area (Å²) in [6, 6.07) is 5.22. The van der Waals surface area contributed by atoms with Crippen LogP contribution in [-0.2, 0) is 16.0 Å². The molecule has 0 unspecified atom stereocenters. The van der Waals surface area contributed by atoms with Crippen LogP contribution in [0, 0.1) is 5.41 Å². The number of aromatic nitrogens is 1. The summed E-state index contributed by atoms with van der Waals surface area (Å²) >= 11 is 0. The third kappa shape index (κ3) is 4.77. The maximum atomic E-state index is 12.1. The zero-order valence-electron chi connectivity index (χ0n) is 11.1. The number of nitrogens with zero attached hydrogens (tertiary/aromatic N) is 1. The summed E-state index contributed by atoms with van der Waals surface area (Å²) in [6.45, 7) is 0.388. The third-order valence-electron chi connectivity index (χ3n) is 2.88. The molecule has 0 spiro atoms. The minimum Gasteiger partial charge on any atom is -0.370 e. The van der Waals surface area contributed by atoms with Crippen molar-refractivity contribution in [2.75, 3.05) is 6.54 Å². The van der Waals surface area contributed by atoms with E-state index in [0.29, 0.717) is 24.9 Å². The Kier molecular flexibility index (Phi) is 5.79. The standard InChI is InChI=1S/C13H19N5O2/c14-12(15)18-7-3-5-13(16,9-19)11(20)8-10-4-1-2-6-17-10/h1-2,4,6,9H,3,5,7-8,16H2,(H4,14,15,18)/t13-/m0/s1. The number of aldehydes is 1. The normalized spacial score (nSPS) is 13.2. The number of carbonyl (C=O) groups is 2. The van der Waals surface area contributed by atoms with Crippen LogP contribution in [0.3, 0.4) is 0 Å². The van der Waals surface area contributed by atoms with Gasteiger partial charge in [0.2, 0.25) is 0 Å². The molecule has 1 heterocycles. The van der Waals surface area contributed by atoms with Crippen LogP contribution in [0.2, 0.25) is 0 Å².